The predicted molar refractivity (Wildman–Crippen MR) is 80.7 cm³/mol. The minimum Gasteiger partial charge on any atom is -0.389 e. The van der Waals surface area contributed by atoms with Crippen molar-refractivity contribution < 1.29 is 9.90 Å². The summed E-state index contributed by atoms with van der Waals surface area (Å²) in [6.07, 6.45) is 6.44. The summed E-state index contributed by atoms with van der Waals surface area (Å²) in [6, 6.07) is 0.160. The second-order valence-corrected chi connectivity index (χ2v) is 6.94. The van der Waals surface area contributed by atoms with Gasteiger partial charge in [0.15, 0.2) is 0 Å². The van der Waals surface area contributed by atoms with Gasteiger partial charge in [-0.2, -0.15) is 0 Å². The van der Waals surface area contributed by atoms with E-state index >= 15 is 0 Å². The minimum absolute atomic E-state index is 0.0703. The number of hydrogen-bond acceptors (Lipinski definition) is 4. The highest BCUT2D eigenvalue weighted by Gasteiger charge is 2.35. The maximum Gasteiger partial charge on any atom is 0.225 e. The van der Waals surface area contributed by atoms with Gasteiger partial charge in [0, 0.05) is 30.6 Å². The molecular weight excluding hydrogens is 272 g/mol. The van der Waals surface area contributed by atoms with E-state index in [-0.39, 0.29) is 18.4 Å². The quantitative estimate of drug-likeness (QED) is 0.878. The van der Waals surface area contributed by atoms with Crippen molar-refractivity contribution in [3.05, 3.63) is 16.6 Å². The van der Waals surface area contributed by atoms with Gasteiger partial charge in [0.1, 0.15) is 0 Å². The summed E-state index contributed by atoms with van der Waals surface area (Å²) in [5.41, 5.74) is -0.759. The van der Waals surface area contributed by atoms with Crippen molar-refractivity contribution >= 4 is 17.2 Å². The standard InChI is InChI=1S/C15H24N2O2S/c1-12(2)17(9-5-13-16-8-10-20-13)14(18)11-15(19)6-3-4-7-15/h8,10,12,19H,3-7,9,11H2,1-2H3. The lowest BCUT2D eigenvalue weighted by Crippen LogP contribution is -2.42. The molecule has 5 heteroatoms. The first kappa shape index (κ1) is 15.4. The Bertz CT molecular complexity index is 425. The molecule has 1 fully saturated rings. The number of nitrogens with zero attached hydrogens (tertiary/aromatic N) is 2. The molecule has 1 aromatic heterocycles. The van der Waals surface area contributed by atoms with Crippen LogP contribution in [0.4, 0.5) is 0 Å². The zero-order valence-corrected chi connectivity index (χ0v) is 13.2. The van der Waals surface area contributed by atoms with Gasteiger partial charge < -0.3 is 10.0 Å². The van der Waals surface area contributed by atoms with Crippen LogP contribution in [0.2, 0.25) is 0 Å². The molecule has 4 nitrogen and oxygen atoms in total. The number of amides is 1. The molecule has 1 saturated carbocycles. The predicted octanol–water partition coefficient (Wildman–Crippen LogP) is 2.62. The van der Waals surface area contributed by atoms with Crippen molar-refractivity contribution in [1.29, 1.82) is 0 Å². The monoisotopic (exact) mass is 296 g/mol. The fourth-order valence-corrected chi connectivity index (χ4v) is 3.47. The van der Waals surface area contributed by atoms with Crippen molar-refractivity contribution in [2.45, 2.75) is 64.0 Å². The summed E-state index contributed by atoms with van der Waals surface area (Å²) in [5, 5.41) is 13.4. The first-order valence-electron chi connectivity index (χ1n) is 7.40. The molecule has 0 aliphatic heterocycles. The molecule has 2 rings (SSSR count). The van der Waals surface area contributed by atoms with Crippen LogP contribution in [0.5, 0.6) is 0 Å². The molecule has 1 amide bonds. The van der Waals surface area contributed by atoms with Crippen molar-refractivity contribution in [1.82, 2.24) is 9.88 Å². The zero-order chi connectivity index (χ0) is 14.6. The Balaban J connectivity index is 1.91. The molecule has 1 N–H and O–H groups in total. The molecule has 1 aliphatic rings. The molecule has 0 bridgehead atoms. The van der Waals surface area contributed by atoms with E-state index in [1.807, 2.05) is 24.1 Å². The number of carbonyl (C=O) groups is 1. The van der Waals surface area contributed by atoms with Gasteiger partial charge in [-0.1, -0.05) is 12.8 Å². The summed E-state index contributed by atoms with van der Waals surface area (Å²) in [4.78, 5) is 18.6. The summed E-state index contributed by atoms with van der Waals surface area (Å²) in [7, 11) is 0. The molecule has 1 aromatic rings. The molecule has 0 atom stereocenters. The van der Waals surface area contributed by atoms with Crippen molar-refractivity contribution in [3.8, 4) is 0 Å². The molecule has 112 valence electrons. The maximum atomic E-state index is 12.5. The molecule has 0 spiro atoms. The Hall–Kier alpha value is -0.940. The molecule has 20 heavy (non-hydrogen) atoms. The lowest BCUT2D eigenvalue weighted by atomic mass is 9.97. The van der Waals surface area contributed by atoms with Gasteiger partial charge >= 0.3 is 0 Å². The van der Waals surface area contributed by atoms with Gasteiger partial charge in [0.05, 0.1) is 17.0 Å². The number of carbonyl (C=O) groups excluding carboxylic acids is 1. The van der Waals surface area contributed by atoms with E-state index in [0.717, 1.165) is 37.1 Å². The van der Waals surface area contributed by atoms with E-state index in [9.17, 15) is 9.90 Å². The molecule has 1 aliphatic carbocycles. The highest BCUT2D eigenvalue weighted by atomic mass is 32.1. The van der Waals surface area contributed by atoms with Crippen LogP contribution in [0.25, 0.3) is 0 Å². The SMILES string of the molecule is CC(C)N(CCc1nccs1)C(=O)CC1(O)CCCC1. The lowest BCUT2D eigenvalue weighted by Gasteiger charge is -2.30. The van der Waals surface area contributed by atoms with Crippen LogP contribution in [-0.4, -0.2) is 39.1 Å². The van der Waals surface area contributed by atoms with E-state index in [4.69, 9.17) is 0 Å². The Morgan fingerprint density at radius 2 is 2.20 bits per heavy atom. The summed E-state index contributed by atoms with van der Waals surface area (Å²) in [5.74, 6) is 0.0703. The molecular formula is C15H24N2O2S. The third-order valence-electron chi connectivity index (χ3n) is 4.01. The minimum atomic E-state index is -0.759. The Morgan fingerprint density at radius 1 is 1.50 bits per heavy atom. The normalized spacial score (nSPS) is 17.6. The van der Waals surface area contributed by atoms with Crippen LogP contribution in [0.1, 0.15) is 51.0 Å². The number of hydrogen-bond donors (Lipinski definition) is 1. The van der Waals surface area contributed by atoms with Gasteiger partial charge in [0.25, 0.3) is 0 Å². The zero-order valence-electron chi connectivity index (χ0n) is 12.3. The molecule has 0 saturated heterocycles. The van der Waals surface area contributed by atoms with Crippen LogP contribution < -0.4 is 0 Å². The summed E-state index contributed by atoms with van der Waals surface area (Å²) >= 11 is 1.62. The van der Waals surface area contributed by atoms with Crippen LogP contribution in [0.15, 0.2) is 11.6 Å². The number of thiazole rings is 1. The topological polar surface area (TPSA) is 53.4 Å². The molecule has 0 radical (unpaired) electrons. The van der Waals surface area contributed by atoms with Gasteiger partial charge in [0.2, 0.25) is 5.91 Å². The number of aliphatic hydroxyl groups is 1. The Labute approximate surface area is 124 Å². The van der Waals surface area contributed by atoms with E-state index in [0.29, 0.717) is 6.54 Å². The smallest absolute Gasteiger partial charge is 0.225 e. The van der Waals surface area contributed by atoms with Crippen LogP contribution in [0.3, 0.4) is 0 Å². The fraction of sp³-hybridized carbons (Fsp3) is 0.733. The van der Waals surface area contributed by atoms with E-state index < -0.39 is 5.60 Å². The van der Waals surface area contributed by atoms with Crippen molar-refractivity contribution in [3.63, 3.8) is 0 Å². The lowest BCUT2D eigenvalue weighted by molar-refractivity contribution is -0.138. The van der Waals surface area contributed by atoms with E-state index in [1.165, 1.54) is 0 Å². The van der Waals surface area contributed by atoms with Crippen LogP contribution >= 0.6 is 11.3 Å². The average Bonchev–Trinajstić information content (AvgIpc) is 3.00. The van der Waals surface area contributed by atoms with E-state index in [2.05, 4.69) is 4.98 Å². The largest absolute Gasteiger partial charge is 0.389 e. The van der Waals surface area contributed by atoms with Crippen LogP contribution in [0, 0.1) is 0 Å². The highest BCUT2D eigenvalue weighted by Crippen LogP contribution is 2.33. The van der Waals surface area contributed by atoms with Crippen LogP contribution in [-0.2, 0) is 11.2 Å². The number of aromatic nitrogens is 1. The van der Waals surface area contributed by atoms with E-state index in [1.54, 1.807) is 17.5 Å². The van der Waals surface area contributed by atoms with Gasteiger partial charge in [-0.05, 0) is 26.7 Å². The third-order valence-corrected chi connectivity index (χ3v) is 4.85. The van der Waals surface area contributed by atoms with Crippen molar-refractivity contribution in [2.24, 2.45) is 0 Å². The third kappa shape index (κ3) is 4.03. The highest BCUT2D eigenvalue weighted by molar-refractivity contribution is 7.09. The fourth-order valence-electron chi connectivity index (χ4n) is 2.86. The average molecular weight is 296 g/mol. The summed E-state index contributed by atoms with van der Waals surface area (Å²) in [6.45, 7) is 4.73. The molecule has 1 heterocycles. The first-order chi connectivity index (χ1) is 9.50. The second kappa shape index (κ2) is 6.68. The Morgan fingerprint density at radius 3 is 2.75 bits per heavy atom. The molecule has 0 aromatic carbocycles. The second-order valence-electron chi connectivity index (χ2n) is 5.96. The summed E-state index contributed by atoms with van der Waals surface area (Å²) < 4.78 is 0. The van der Waals surface area contributed by atoms with Crippen molar-refractivity contribution in [2.75, 3.05) is 6.54 Å². The van der Waals surface area contributed by atoms with Gasteiger partial charge in [-0.3, -0.25) is 4.79 Å². The number of rotatable bonds is 6. The van der Waals surface area contributed by atoms with Gasteiger partial charge in [-0.25, -0.2) is 4.98 Å². The molecule has 0 unspecified atom stereocenters. The first-order valence-corrected chi connectivity index (χ1v) is 8.28. The van der Waals surface area contributed by atoms with Gasteiger partial charge in [-0.15, -0.1) is 11.3 Å². The maximum absolute atomic E-state index is 12.5. The Kier molecular flexibility index (Phi) is 5.16.